The van der Waals surface area contributed by atoms with Gasteiger partial charge in [0.05, 0.1) is 0 Å². The highest BCUT2D eigenvalue weighted by atomic mass is 15.0. The minimum absolute atomic E-state index is 0.235. The van der Waals surface area contributed by atoms with Crippen molar-refractivity contribution < 1.29 is 0 Å². The molecule has 0 aliphatic rings. The molecule has 1 heterocycles. The first kappa shape index (κ1) is 13.5. The molecule has 2 aromatic rings. The van der Waals surface area contributed by atoms with Crippen molar-refractivity contribution in [2.45, 2.75) is 33.6 Å². The molecular weight excluding hydrogens is 234 g/mol. The van der Waals surface area contributed by atoms with Crippen molar-refractivity contribution in [1.29, 1.82) is 5.26 Å². The fourth-order valence-electron chi connectivity index (χ4n) is 2.48. The number of para-hydroxylation sites is 1. The first-order valence-corrected chi connectivity index (χ1v) is 6.82. The maximum atomic E-state index is 9.33. The van der Waals surface area contributed by atoms with Gasteiger partial charge in [-0.1, -0.05) is 45.4 Å². The molecular formula is C16H21N3. The van der Waals surface area contributed by atoms with Gasteiger partial charge in [-0.2, -0.15) is 5.26 Å². The van der Waals surface area contributed by atoms with Crippen LogP contribution in [0, 0.1) is 16.7 Å². The van der Waals surface area contributed by atoms with Crippen LogP contribution in [0.2, 0.25) is 0 Å². The number of nitriles is 1. The summed E-state index contributed by atoms with van der Waals surface area (Å²) >= 11 is 0. The summed E-state index contributed by atoms with van der Waals surface area (Å²) in [7, 11) is 0. The monoisotopic (exact) mass is 255 g/mol. The van der Waals surface area contributed by atoms with Gasteiger partial charge in [0, 0.05) is 17.4 Å². The van der Waals surface area contributed by atoms with E-state index in [0.717, 1.165) is 23.3 Å². The van der Waals surface area contributed by atoms with Crippen LogP contribution in [0.1, 0.15) is 39.2 Å². The van der Waals surface area contributed by atoms with Gasteiger partial charge in [-0.15, -0.1) is 0 Å². The van der Waals surface area contributed by atoms with E-state index in [1.54, 1.807) is 0 Å². The van der Waals surface area contributed by atoms with Gasteiger partial charge < -0.3 is 10.3 Å². The lowest BCUT2D eigenvalue weighted by Gasteiger charge is -2.24. The number of rotatable bonds is 5. The van der Waals surface area contributed by atoms with Crippen LogP contribution in [0.3, 0.4) is 0 Å². The van der Waals surface area contributed by atoms with Crippen molar-refractivity contribution in [2.24, 2.45) is 5.41 Å². The second kappa shape index (κ2) is 5.36. The Hall–Kier alpha value is -1.95. The van der Waals surface area contributed by atoms with Crippen molar-refractivity contribution in [3.63, 3.8) is 0 Å². The molecule has 0 unspecified atom stereocenters. The van der Waals surface area contributed by atoms with E-state index in [1.807, 2.05) is 24.3 Å². The van der Waals surface area contributed by atoms with Crippen LogP contribution < -0.4 is 5.32 Å². The Morgan fingerprint density at radius 2 is 2.05 bits per heavy atom. The van der Waals surface area contributed by atoms with Crippen LogP contribution >= 0.6 is 0 Å². The molecule has 1 aromatic carbocycles. The minimum atomic E-state index is 0.235. The van der Waals surface area contributed by atoms with Crippen LogP contribution in [0.15, 0.2) is 24.3 Å². The molecule has 0 aliphatic carbocycles. The molecule has 2 N–H and O–H groups in total. The van der Waals surface area contributed by atoms with Crippen molar-refractivity contribution in [3.8, 4) is 6.07 Å². The van der Waals surface area contributed by atoms with Crippen molar-refractivity contribution in [3.05, 3.63) is 29.8 Å². The fourth-order valence-corrected chi connectivity index (χ4v) is 2.48. The normalized spacial score (nSPS) is 11.5. The molecule has 19 heavy (non-hydrogen) atoms. The number of hydrogen-bond donors (Lipinski definition) is 2. The first-order chi connectivity index (χ1) is 9.07. The van der Waals surface area contributed by atoms with Crippen molar-refractivity contribution in [1.82, 2.24) is 4.98 Å². The Balaban J connectivity index is 2.24. The molecule has 0 saturated carbocycles. The van der Waals surface area contributed by atoms with E-state index >= 15 is 0 Å². The predicted molar refractivity (Wildman–Crippen MR) is 80.2 cm³/mol. The largest absolute Gasteiger partial charge is 0.370 e. The van der Waals surface area contributed by atoms with E-state index in [1.165, 1.54) is 12.8 Å². The van der Waals surface area contributed by atoms with Gasteiger partial charge in [0.1, 0.15) is 17.5 Å². The van der Waals surface area contributed by atoms with E-state index < -0.39 is 0 Å². The van der Waals surface area contributed by atoms with Crippen LogP contribution in [0.5, 0.6) is 0 Å². The van der Waals surface area contributed by atoms with Crippen LogP contribution in [0.25, 0.3) is 10.9 Å². The average Bonchev–Trinajstić information content (AvgIpc) is 2.74. The minimum Gasteiger partial charge on any atom is -0.370 e. The lowest BCUT2D eigenvalue weighted by atomic mass is 9.88. The Kier molecular flexibility index (Phi) is 3.80. The number of aromatic amines is 1. The molecule has 0 amide bonds. The van der Waals surface area contributed by atoms with E-state index in [-0.39, 0.29) is 5.41 Å². The molecule has 0 aliphatic heterocycles. The third-order valence-electron chi connectivity index (χ3n) is 3.49. The highest BCUT2D eigenvalue weighted by molar-refractivity contribution is 5.91. The molecule has 0 radical (unpaired) electrons. The van der Waals surface area contributed by atoms with Crippen LogP contribution in [-0.4, -0.2) is 11.5 Å². The standard InChI is InChI=1S/C16H21N3/c1-4-9-16(2,3)11-18-15-13(10-17)12-7-5-6-8-14(12)19-15/h5-8,18-19H,4,9,11H2,1-3H3. The Morgan fingerprint density at radius 3 is 2.74 bits per heavy atom. The maximum Gasteiger partial charge on any atom is 0.122 e. The molecule has 0 spiro atoms. The fraction of sp³-hybridized carbons (Fsp3) is 0.438. The SMILES string of the molecule is CCCC(C)(C)CNc1[nH]c2ccccc2c1C#N. The highest BCUT2D eigenvalue weighted by Gasteiger charge is 2.18. The lowest BCUT2D eigenvalue weighted by molar-refractivity contribution is 0.354. The summed E-state index contributed by atoms with van der Waals surface area (Å²) < 4.78 is 0. The van der Waals surface area contributed by atoms with Gasteiger partial charge in [0.2, 0.25) is 0 Å². The van der Waals surface area contributed by atoms with E-state index in [0.29, 0.717) is 5.56 Å². The van der Waals surface area contributed by atoms with Crippen molar-refractivity contribution >= 4 is 16.7 Å². The zero-order chi connectivity index (χ0) is 13.9. The summed E-state index contributed by atoms with van der Waals surface area (Å²) in [6, 6.07) is 10.2. The lowest BCUT2D eigenvalue weighted by Crippen LogP contribution is -2.23. The van der Waals surface area contributed by atoms with Gasteiger partial charge in [-0.25, -0.2) is 0 Å². The Labute approximate surface area is 114 Å². The number of nitrogens with zero attached hydrogens (tertiary/aromatic N) is 1. The predicted octanol–water partition coefficient (Wildman–Crippen LogP) is 4.28. The molecule has 0 atom stereocenters. The van der Waals surface area contributed by atoms with E-state index in [4.69, 9.17) is 0 Å². The molecule has 1 aromatic heterocycles. The topological polar surface area (TPSA) is 51.6 Å². The Morgan fingerprint density at radius 1 is 1.32 bits per heavy atom. The summed E-state index contributed by atoms with van der Waals surface area (Å²) in [6.45, 7) is 7.56. The molecule has 0 fully saturated rings. The summed E-state index contributed by atoms with van der Waals surface area (Å²) in [5.41, 5.74) is 1.96. The third kappa shape index (κ3) is 2.90. The van der Waals surface area contributed by atoms with E-state index in [9.17, 15) is 5.26 Å². The second-order valence-corrected chi connectivity index (χ2v) is 5.80. The summed E-state index contributed by atoms with van der Waals surface area (Å²) in [5, 5.41) is 13.7. The molecule has 100 valence electrons. The van der Waals surface area contributed by atoms with Crippen LogP contribution in [0.4, 0.5) is 5.82 Å². The van der Waals surface area contributed by atoms with Gasteiger partial charge in [-0.05, 0) is 17.9 Å². The molecule has 0 saturated heterocycles. The number of benzene rings is 1. The first-order valence-electron chi connectivity index (χ1n) is 6.82. The maximum absolute atomic E-state index is 9.33. The number of fused-ring (bicyclic) bond motifs is 1. The molecule has 3 heteroatoms. The number of H-pyrrole nitrogens is 1. The smallest absolute Gasteiger partial charge is 0.122 e. The van der Waals surface area contributed by atoms with E-state index in [2.05, 4.69) is 37.1 Å². The van der Waals surface area contributed by atoms with Gasteiger partial charge in [0.25, 0.3) is 0 Å². The number of nitrogens with one attached hydrogen (secondary N) is 2. The van der Waals surface area contributed by atoms with Crippen molar-refractivity contribution in [2.75, 3.05) is 11.9 Å². The average molecular weight is 255 g/mol. The molecule has 3 nitrogen and oxygen atoms in total. The zero-order valence-corrected chi connectivity index (χ0v) is 11.9. The summed E-state index contributed by atoms with van der Waals surface area (Å²) in [5.74, 6) is 0.841. The molecule has 2 rings (SSSR count). The van der Waals surface area contributed by atoms with Gasteiger partial charge in [-0.3, -0.25) is 0 Å². The van der Waals surface area contributed by atoms with Gasteiger partial charge >= 0.3 is 0 Å². The zero-order valence-electron chi connectivity index (χ0n) is 11.9. The second-order valence-electron chi connectivity index (χ2n) is 5.80. The summed E-state index contributed by atoms with van der Waals surface area (Å²) in [4.78, 5) is 3.30. The number of hydrogen-bond acceptors (Lipinski definition) is 2. The number of anilines is 1. The summed E-state index contributed by atoms with van der Waals surface area (Å²) in [6.07, 6.45) is 2.34. The van der Waals surface area contributed by atoms with Gasteiger partial charge in [0.15, 0.2) is 0 Å². The highest BCUT2D eigenvalue weighted by Crippen LogP contribution is 2.28. The Bertz CT molecular complexity index is 602. The van der Waals surface area contributed by atoms with Crippen LogP contribution in [-0.2, 0) is 0 Å². The third-order valence-corrected chi connectivity index (χ3v) is 3.49. The quantitative estimate of drug-likeness (QED) is 0.838. The molecule has 0 bridgehead atoms. The number of aromatic nitrogens is 1.